The van der Waals surface area contributed by atoms with Crippen molar-refractivity contribution >= 4 is 17.6 Å². The third-order valence-corrected chi connectivity index (χ3v) is 3.06. The molecule has 0 saturated carbocycles. The Hall–Kier alpha value is -2.63. The van der Waals surface area contributed by atoms with Crippen molar-refractivity contribution in [2.24, 2.45) is 0 Å². The lowest BCUT2D eigenvalue weighted by Gasteiger charge is -2.05. The first kappa shape index (κ1) is 14.8. The highest BCUT2D eigenvalue weighted by atomic mass is 16.4. The molecule has 21 heavy (non-hydrogen) atoms. The van der Waals surface area contributed by atoms with Gasteiger partial charge in [0.15, 0.2) is 5.69 Å². The van der Waals surface area contributed by atoms with E-state index in [-0.39, 0.29) is 12.3 Å². The molecule has 0 fully saturated rings. The van der Waals surface area contributed by atoms with E-state index >= 15 is 0 Å². The van der Waals surface area contributed by atoms with Crippen molar-refractivity contribution in [2.75, 3.05) is 5.32 Å². The largest absolute Gasteiger partial charge is 0.481 e. The van der Waals surface area contributed by atoms with E-state index < -0.39 is 5.97 Å². The number of nitrogens with zero attached hydrogens (tertiary/aromatic N) is 1. The Morgan fingerprint density at radius 1 is 1.33 bits per heavy atom. The maximum atomic E-state index is 12.0. The average molecular weight is 287 g/mol. The van der Waals surface area contributed by atoms with Gasteiger partial charge in [-0.1, -0.05) is 19.1 Å². The van der Waals surface area contributed by atoms with Gasteiger partial charge in [0.25, 0.3) is 5.91 Å². The van der Waals surface area contributed by atoms with Gasteiger partial charge in [-0.15, -0.1) is 0 Å². The molecule has 6 nitrogen and oxygen atoms in total. The van der Waals surface area contributed by atoms with Crippen molar-refractivity contribution in [1.29, 1.82) is 0 Å². The Labute approximate surface area is 122 Å². The molecule has 1 aromatic heterocycles. The van der Waals surface area contributed by atoms with Gasteiger partial charge in [0.05, 0.1) is 0 Å². The zero-order valence-electron chi connectivity index (χ0n) is 11.7. The predicted molar refractivity (Wildman–Crippen MR) is 78.3 cm³/mol. The van der Waals surface area contributed by atoms with E-state index in [0.29, 0.717) is 17.8 Å². The first-order valence-corrected chi connectivity index (χ1v) is 6.75. The molecule has 0 aliphatic heterocycles. The monoisotopic (exact) mass is 287 g/mol. The predicted octanol–water partition coefficient (Wildman–Crippen LogP) is 2.24. The van der Waals surface area contributed by atoms with Gasteiger partial charge in [-0.05, 0) is 36.6 Å². The van der Waals surface area contributed by atoms with Crippen molar-refractivity contribution in [1.82, 2.24) is 10.2 Å². The van der Waals surface area contributed by atoms with Gasteiger partial charge < -0.3 is 10.4 Å². The molecule has 0 unspecified atom stereocenters. The van der Waals surface area contributed by atoms with E-state index in [1.54, 1.807) is 24.3 Å². The number of carboxylic acids is 1. The summed E-state index contributed by atoms with van der Waals surface area (Å²) in [6, 6.07) is 8.87. The summed E-state index contributed by atoms with van der Waals surface area (Å²) in [5.74, 6) is -1.13. The number of hydrogen-bond acceptors (Lipinski definition) is 3. The zero-order valence-corrected chi connectivity index (χ0v) is 11.7. The van der Waals surface area contributed by atoms with E-state index in [0.717, 1.165) is 17.7 Å². The van der Waals surface area contributed by atoms with E-state index in [1.807, 2.05) is 13.0 Å². The molecule has 6 heteroatoms. The average Bonchev–Trinajstić information content (AvgIpc) is 2.94. The number of H-pyrrole nitrogens is 1. The molecular weight excluding hydrogens is 270 g/mol. The number of rotatable bonds is 6. The number of carbonyl (C=O) groups is 2. The standard InChI is InChI=1S/C15H17N3O3/c1-2-11-9-13(18-17-11)15(21)16-12-5-3-4-10(8-12)6-7-14(19)20/h3-5,8-9H,2,6-7H2,1H3,(H,16,21)(H,17,18)(H,19,20). The van der Waals surface area contributed by atoms with Crippen molar-refractivity contribution < 1.29 is 14.7 Å². The van der Waals surface area contributed by atoms with Crippen molar-refractivity contribution in [3.05, 3.63) is 47.3 Å². The quantitative estimate of drug-likeness (QED) is 0.759. The molecule has 0 aliphatic rings. The minimum atomic E-state index is -0.840. The lowest BCUT2D eigenvalue weighted by molar-refractivity contribution is -0.136. The summed E-state index contributed by atoms with van der Waals surface area (Å²) in [5, 5.41) is 18.2. The van der Waals surface area contributed by atoms with Crippen molar-refractivity contribution in [2.45, 2.75) is 26.2 Å². The maximum Gasteiger partial charge on any atom is 0.303 e. The minimum absolute atomic E-state index is 0.0661. The van der Waals surface area contributed by atoms with Crippen LogP contribution in [0, 0.1) is 0 Å². The molecule has 0 bridgehead atoms. The smallest absolute Gasteiger partial charge is 0.303 e. The molecule has 110 valence electrons. The molecule has 0 radical (unpaired) electrons. The summed E-state index contributed by atoms with van der Waals surface area (Å²) in [6.07, 6.45) is 1.28. The number of amides is 1. The van der Waals surface area contributed by atoms with Crippen LogP contribution in [0.25, 0.3) is 0 Å². The highest BCUT2D eigenvalue weighted by molar-refractivity contribution is 6.02. The zero-order chi connectivity index (χ0) is 15.2. The SMILES string of the molecule is CCc1cc(C(=O)Nc2cccc(CCC(=O)O)c2)n[nH]1. The molecule has 0 spiro atoms. The molecule has 0 saturated heterocycles. The number of aromatic amines is 1. The summed E-state index contributed by atoms with van der Waals surface area (Å²) in [6.45, 7) is 1.97. The lowest BCUT2D eigenvalue weighted by atomic mass is 10.1. The van der Waals surface area contributed by atoms with Crippen LogP contribution in [0.5, 0.6) is 0 Å². The number of anilines is 1. The Balaban J connectivity index is 2.03. The lowest BCUT2D eigenvalue weighted by Crippen LogP contribution is -2.12. The topological polar surface area (TPSA) is 95.1 Å². The normalized spacial score (nSPS) is 10.3. The third kappa shape index (κ3) is 4.17. The van der Waals surface area contributed by atoms with Crippen LogP contribution in [-0.2, 0) is 17.6 Å². The summed E-state index contributed by atoms with van der Waals surface area (Å²) < 4.78 is 0. The molecular formula is C15H17N3O3. The number of aromatic nitrogens is 2. The molecule has 0 aliphatic carbocycles. The van der Waals surface area contributed by atoms with Gasteiger partial charge >= 0.3 is 5.97 Å². The summed E-state index contributed by atoms with van der Waals surface area (Å²) in [4.78, 5) is 22.6. The van der Waals surface area contributed by atoms with Crippen LogP contribution >= 0.6 is 0 Å². The number of carbonyl (C=O) groups excluding carboxylic acids is 1. The second-order valence-corrected chi connectivity index (χ2v) is 4.68. The fourth-order valence-corrected chi connectivity index (χ4v) is 1.91. The second-order valence-electron chi connectivity index (χ2n) is 4.68. The molecule has 3 N–H and O–H groups in total. The molecule has 0 atom stereocenters. The van der Waals surface area contributed by atoms with Crippen LogP contribution < -0.4 is 5.32 Å². The Morgan fingerprint density at radius 3 is 2.81 bits per heavy atom. The Kier molecular flexibility index (Phi) is 4.71. The second kappa shape index (κ2) is 6.69. The van der Waals surface area contributed by atoms with Gasteiger partial charge in [0.1, 0.15) is 0 Å². The Bertz CT molecular complexity index is 649. The molecule has 1 heterocycles. The molecule has 1 amide bonds. The molecule has 1 aromatic carbocycles. The minimum Gasteiger partial charge on any atom is -0.481 e. The van der Waals surface area contributed by atoms with Crippen LogP contribution in [-0.4, -0.2) is 27.2 Å². The van der Waals surface area contributed by atoms with E-state index in [9.17, 15) is 9.59 Å². The van der Waals surface area contributed by atoms with Crippen LogP contribution in [0.3, 0.4) is 0 Å². The van der Waals surface area contributed by atoms with Gasteiger partial charge in [-0.25, -0.2) is 0 Å². The molecule has 2 aromatic rings. The van der Waals surface area contributed by atoms with Crippen molar-refractivity contribution in [3.63, 3.8) is 0 Å². The number of aryl methyl sites for hydroxylation is 2. The van der Waals surface area contributed by atoms with Gasteiger partial charge in [0.2, 0.25) is 0 Å². The summed E-state index contributed by atoms with van der Waals surface area (Å²) in [5.41, 5.74) is 2.73. The maximum absolute atomic E-state index is 12.0. The van der Waals surface area contributed by atoms with Crippen molar-refractivity contribution in [3.8, 4) is 0 Å². The fourth-order valence-electron chi connectivity index (χ4n) is 1.91. The number of aliphatic carboxylic acids is 1. The van der Waals surface area contributed by atoms with Crippen LogP contribution in [0.15, 0.2) is 30.3 Å². The summed E-state index contributed by atoms with van der Waals surface area (Å²) in [7, 11) is 0. The van der Waals surface area contributed by atoms with E-state index in [2.05, 4.69) is 15.5 Å². The van der Waals surface area contributed by atoms with Crippen LogP contribution in [0.4, 0.5) is 5.69 Å². The molecule has 2 rings (SSSR count). The fraction of sp³-hybridized carbons (Fsp3) is 0.267. The van der Waals surface area contributed by atoms with Gasteiger partial charge in [-0.3, -0.25) is 14.7 Å². The number of benzene rings is 1. The third-order valence-electron chi connectivity index (χ3n) is 3.06. The highest BCUT2D eigenvalue weighted by Gasteiger charge is 2.10. The number of nitrogens with one attached hydrogen (secondary N) is 2. The summed E-state index contributed by atoms with van der Waals surface area (Å²) >= 11 is 0. The van der Waals surface area contributed by atoms with Crippen LogP contribution in [0.2, 0.25) is 0 Å². The number of carboxylic acid groups (broad SMARTS) is 1. The van der Waals surface area contributed by atoms with Gasteiger partial charge in [0, 0.05) is 17.8 Å². The first-order chi connectivity index (χ1) is 10.1. The van der Waals surface area contributed by atoms with Gasteiger partial charge in [-0.2, -0.15) is 5.10 Å². The Morgan fingerprint density at radius 2 is 2.14 bits per heavy atom. The van der Waals surface area contributed by atoms with E-state index in [1.165, 1.54) is 0 Å². The van der Waals surface area contributed by atoms with E-state index in [4.69, 9.17) is 5.11 Å². The number of hydrogen-bond donors (Lipinski definition) is 3. The highest BCUT2D eigenvalue weighted by Crippen LogP contribution is 2.13. The van der Waals surface area contributed by atoms with Crippen LogP contribution in [0.1, 0.15) is 35.1 Å². The first-order valence-electron chi connectivity index (χ1n) is 6.75.